The highest BCUT2D eigenvalue weighted by atomic mass is 16.5. The van der Waals surface area contributed by atoms with Crippen molar-refractivity contribution in [2.45, 2.75) is 0 Å². The molecule has 0 aliphatic heterocycles. The normalized spacial score (nSPS) is 10.4. The molecule has 3 aromatic rings. The summed E-state index contributed by atoms with van der Waals surface area (Å²) in [5, 5.41) is 0. The van der Waals surface area contributed by atoms with Crippen LogP contribution < -0.4 is 10.5 Å². The van der Waals surface area contributed by atoms with Crippen LogP contribution >= 0.6 is 0 Å². The minimum absolute atomic E-state index is 0.489. The lowest BCUT2D eigenvalue weighted by atomic mass is 10.2. The molecule has 5 heteroatoms. The fraction of sp³-hybridized carbons (Fsp3) is 0.0667. The van der Waals surface area contributed by atoms with Crippen LogP contribution in [-0.2, 0) is 0 Å². The maximum atomic E-state index is 5.93. The zero-order valence-corrected chi connectivity index (χ0v) is 11.0. The molecule has 20 heavy (non-hydrogen) atoms. The lowest BCUT2D eigenvalue weighted by molar-refractivity contribution is 0.415. The third kappa shape index (κ3) is 2.09. The van der Waals surface area contributed by atoms with Gasteiger partial charge >= 0.3 is 0 Å². The molecule has 0 atom stereocenters. The molecule has 0 saturated carbocycles. The predicted octanol–water partition coefficient (Wildman–Crippen LogP) is 2.53. The Balaban J connectivity index is 2.08. The van der Waals surface area contributed by atoms with Gasteiger partial charge in [0.1, 0.15) is 11.6 Å². The van der Waals surface area contributed by atoms with Crippen molar-refractivity contribution in [3.05, 3.63) is 55.1 Å². The molecule has 0 spiro atoms. The predicted molar refractivity (Wildman–Crippen MR) is 77.8 cm³/mol. The highest BCUT2D eigenvalue weighted by Crippen LogP contribution is 2.26. The number of nitrogen functional groups attached to an aromatic ring is 1. The van der Waals surface area contributed by atoms with E-state index < -0.39 is 0 Å². The Labute approximate surface area is 116 Å². The molecule has 0 aliphatic carbocycles. The van der Waals surface area contributed by atoms with E-state index in [0.29, 0.717) is 5.82 Å². The van der Waals surface area contributed by atoms with Gasteiger partial charge in [0.05, 0.1) is 25.3 Å². The van der Waals surface area contributed by atoms with Crippen molar-refractivity contribution in [1.29, 1.82) is 0 Å². The molecule has 0 amide bonds. The first-order valence-electron chi connectivity index (χ1n) is 6.17. The zero-order chi connectivity index (χ0) is 13.9. The van der Waals surface area contributed by atoms with Gasteiger partial charge in [-0.1, -0.05) is 0 Å². The van der Waals surface area contributed by atoms with Gasteiger partial charge in [-0.05, 0) is 36.4 Å². The third-order valence-corrected chi connectivity index (χ3v) is 3.10. The molecule has 0 unspecified atom stereocenters. The molecular weight excluding hydrogens is 252 g/mol. The van der Waals surface area contributed by atoms with Crippen molar-refractivity contribution in [3.63, 3.8) is 0 Å². The molecule has 3 rings (SSSR count). The first-order chi connectivity index (χ1) is 9.79. The number of benzene rings is 1. The van der Waals surface area contributed by atoms with Crippen LogP contribution in [0.1, 0.15) is 0 Å². The number of aromatic nitrogens is 3. The van der Waals surface area contributed by atoms with E-state index in [1.807, 2.05) is 41.0 Å². The van der Waals surface area contributed by atoms with E-state index in [-0.39, 0.29) is 0 Å². The summed E-state index contributed by atoms with van der Waals surface area (Å²) in [5.41, 5.74) is 8.69. The summed E-state index contributed by atoms with van der Waals surface area (Å²) in [6, 6.07) is 11.5. The van der Waals surface area contributed by atoms with Gasteiger partial charge < -0.3 is 10.5 Å². The summed E-state index contributed by atoms with van der Waals surface area (Å²) in [6.07, 6.45) is 5.20. The molecule has 2 aromatic heterocycles. The Hall–Kier alpha value is -2.82. The van der Waals surface area contributed by atoms with Crippen LogP contribution in [0.25, 0.3) is 16.9 Å². The van der Waals surface area contributed by atoms with E-state index in [9.17, 15) is 0 Å². The maximum Gasteiger partial charge on any atom is 0.132 e. The number of rotatable bonds is 3. The first-order valence-corrected chi connectivity index (χ1v) is 6.17. The van der Waals surface area contributed by atoms with Gasteiger partial charge in [0.2, 0.25) is 0 Å². The monoisotopic (exact) mass is 266 g/mol. The topological polar surface area (TPSA) is 66.0 Å². The van der Waals surface area contributed by atoms with Gasteiger partial charge in [-0.2, -0.15) is 0 Å². The molecule has 2 heterocycles. The number of hydrogen-bond donors (Lipinski definition) is 1. The van der Waals surface area contributed by atoms with Crippen molar-refractivity contribution < 1.29 is 4.74 Å². The maximum absolute atomic E-state index is 5.93. The van der Waals surface area contributed by atoms with Crippen molar-refractivity contribution in [1.82, 2.24) is 14.5 Å². The van der Waals surface area contributed by atoms with Crippen LogP contribution in [0.5, 0.6) is 5.75 Å². The van der Waals surface area contributed by atoms with Crippen LogP contribution in [0.2, 0.25) is 0 Å². The fourth-order valence-electron chi connectivity index (χ4n) is 2.08. The smallest absolute Gasteiger partial charge is 0.132 e. The Morgan fingerprint density at radius 2 is 1.95 bits per heavy atom. The average Bonchev–Trinajstić information content (AvgIpc) is 2.97. The summed E-state index contributed by atoms with van der Waals surface area (Å²) in [4.78, 5) is 8.32. The number of nitrogens with zero attached hydrogens (tertiary/aromatic N) is 3. The summed E-state index contributed by atoms with van der Waals surface area (Å²) in [7, 11) is 1.65. The van der Waals surface area contributed by atoms with Gasteiger partial charge in [-0.3, -0.25) is 4.57 Å². The van der Waals surface area contributed by atoms with E-state index in [1.54, 1.807) is 25.8 Å². The van der Waals surface area contributed by atoms with E-state index in [2.05, 4.69) is 9.97 Å². The Bertz CT molecular complexity index is 719. The van der Waals surface area contributed by atoms with Crippen LogP contribution in [0.3, 0.4) is 0 Å². The van der Waals surface area contributed by atoms with Crippen LogP contribution in [-0.4, -0.2) is 21.6 Å². The highest BCUT2D eigenvalue weighted by molar-refractivity contribution is 5.72. The number of nitrogens with two attached hydrogens (primary N) is 1. The van der Waals surface area contributed by atoms with Gasteiger partial charge in [0.15, 0.2) is 0 Å². The van der Waals surface area contributed by atoms with Crippen LogP contribution in [0.15, 0.2) is 55.1 Å². The number of anilines is 1. The molecule has 5 nitrogen and oxygen atoms in total. The first kappa shape index (κ1) is 12.2. The second kappa shape index (κ2) is 5.05. The summed E-state index contributed by atoms with van der Waals surface area (Å²) < 4.78 is 7.13. The second-order valence-corrected chi connectivity index (χ2v) is 4.28. The number of methoxy groups -OCH3 is 1. The minimum Gasteiger partial charge on any atom is -0.497 e. The van der Waals surface area contributed by atoms with Gasteiger partial charge in [0, 0.05) is 17.4 Å². The molecule has 0 fully saturated rings. The average molecular weight is 266 g/mol. The zero-order valence-electron chi connectivity index (χ0n) is 11.0. The Morgan fingerprint density at radius 3 is 2.65 bits per heavy atom. The number of pyridine rings is 1. The van der Waals surface area contributed by atoms with Gasteiger partial charge in [-0.25, -0.2) is 9.97 Å². The molecular formula is C15H14N4O. The van der Waals surface area contributed by atoms with Crippen molar-refractivity contribution >= 4 is 5.82 Å². The van der Waals surface area contributed by atoms with E-state index >= 15 is 0 Å². The molecule has 0 saturated heterocycles. The quantitative estimate of drug-likeness (QED) is 0.791. The minimum atomic E-state index is 0.489. The van der Waals surface area contributed by atoms with E-state index in [4.69, 9.17) is 10.5 Å². The van der Waals surface area contributed by atoms with Crippen LogP contribution in [0.4, 0.5) is 5.82 Å². The van der Waals surface area contributed by atoms with Crippen molar-refractivity contribution in [2.24, 2.45) is 0 Å². The number of ether oxygens (including phenoxy) is 1. The fourth-order valence-corrected chi connectivity index (χ4v) is 2.08. The standard InChI is InChI=1S/C15H14N4O/c1-20-12-6-4-11(5-7-12)19-10-17-9-14(19)13-3-2-8-18-15(13)16/h2-10H,1H3,(H2,16,18). The number of imidazole rings is 1. The Kier molecular flexibility index (Phi) is 3.09. The lowest BCUT2D eigenvalue weighted by Gasteiger charge is -2.10. The van der Waals surface area contributed by atoms with Crippen molar-refractivity contribution in [3.8, 4) is 22.7 Å². The van der Waals surface area contributed by atoms with Crippen molar-refractivity contribution in [2.75, 3.05) is 12.8 Å². The molecule has 0 radical (unpaired) electrons. The van der Waals surface area contributed by atoms with Crippen LogP contribution in [0, 0.1) is 0 Å². The van der Waals surface area contributed by atoms with E-state index in [0.717, 1.165) is 22.7 Å². The summed E-state index contributed by atoms with van der Waals surface area (Å²) >= 11 is 0. The summed E-state index contributed by atoms with van der Waals surface area (Å²) in [6.45, 7) is 0. The molecule has 0 aliphatic rings. The molecule has 1 aromatic carbocycles. The molecule has 2 N–H and O–H groups in total. The second-order valence-electron chi connectivity index (χ2n) is 4.28. The van der Waals surface area contributed by atoms with Gasteiger partial charge in [-0.15, -0.1) is 0 Å². The highest BCUT2D eigenvalue weighted by Gasteiger charge is 2.10. The largest absolute Gasteiger partial charge is 0.497 e. The Morgan fingerprint density at radius 1 is 1.15 bits per heavy atom. The summed E-state index contributed by atoms with van der Waals surface area (Å²) in [5.74, 6) is 1.30. The number of hydrogen-bond acceptors (Lipinski definition) is 4. The van der Waals surface area contributed by atoms with Gasteiger partial charge in [0.25, 0.3) is 0 Å². The molecule has 100 valence electrons. The van der Waals surface area contributed by atoms with E-state index in [1.165, 1.54) is 0 Å². The molecule has 0 bridgehead atoms. The SMILES string of the molecule is COc1ccc(-n2cncc2-c2cccnc2N)cc1. The third-order valence-electron chi connectivity index (χ3n) is 3.10. The lowest BCUT2D eigenvalue weighted by Crippen LogP contribution is -1.99.